The zero-order chi connectivity index (χ0) is 14.9. The number of nitrogens with zero attached hydrogens (tertiary/aromatic N) is 1. The average Bonchev–Trinajstić information content (AvgIpc) is 2.74. The molecule has 2 rings (SSSR count). The Morgan fingerprint density at radius 3 is 2.40 bits per heavy atom. The van der Waals surface area contributed by atoms with Crippen LogP contribution in [0, 0.1) is 25.5 Å². The third-order valence-corrected chi connectivity index (χ3v) is 4.29. The first-order chi connectivity index (χ1) is 9.43. The molecule has 0 saturated carbocycles. The van der Waals surface area contributed by atoms with E-state index in [0.717, 1.165) is 22.6 Å². The fourth-order valence-electron chi connectivity index (χ4n) is 1.91. The SMILES string of the molecule is CCN(C(=O)c1cc(C)c(C)s1)c1ccc(F)c(F)c1. The summed E-state index contributed by atoms with van der Waals surface area (Å²) in [5, 5.41) is 0. The number of carbonyl (C=O) groups excluding carboxylic acids is 1. The second-order valence-electron chi connectivity index (χ2n) is 4.50. The third kappa shape index (κ3) is 2.72. The highest BCUT2D eigenvalue weighted by Gasteiger charge is 2.19. The Labute approximate surface area is 120 Å². The summed E-state index contributed by atoms with van der Waals surface area (Å²) < 4.78 is 26.3. The highest BCUT2D eigenvalue weighted by Crippen LogP contribution is 2.25. The molecule has 0 aliphatic heterocycles. The van der Waals surface area contributed by atoms with E-state index in [2.05, 4.69) is 0 Å². The van der Waals surface area contributed by atoms with Crippen LogP contribution in [0.5, 0.6) is 0 Å². The van der Waals surface area contributed by atoms with Crippen molar-refractivity contribution in [3.8, 4) is 0 Å². The molecule has 2 nitrogen and oxygen atoms in total. The zero-order valence-corrected chi connectivity index (χ0v) is 12.4. The van der Waals surface area contributed by atoms with Crippen LogP contribution in [0.25, 0.3) is 0 Å². The number of rotatable bonds is 3. The summed E-state index contributed by atoms with van der Waals surface area (Å²) in [6.45, 7) is 6.08. The van der Waals surface area contributed by atoms with Gasteiger partial charge in [-0.3, -0.25) is 4.79 Å². The minimum atomic E-state index is -0.952. The Morgan fingerprint density at radius 2 is 1.90 bits per heavy atom. The van der Waals surface area contributed by atoms with Gasteiger partial charge in [-0.2, -0.15) is 0 Å². The van der Waals surface area contributed by atoms with Gasteiger partial charge in [0.2, 0.25) is 0 Å². The van der Waals surface area contributed by atoms with Crippen molar-refractivity contribution >= 4 is 22.9 Å². The largest absolute Gasteiger partial charge is 0.308 e. The molecule has 0 bridgehead atoms. The molecule has 0 fully saturated rings. The number of anilines is 1. The summed E-state index contributed by atoms with van der Waals surface area (Å²) >= 11 is 1.41. The summed E-state index contributed by atoms with van der Waals surface area (Å²) in [5.74, 6) is -2.06. The van der Waals surface area contributed by atoms with E-state index >= 15 is 0 Å². The van der Waals surface area contributed by atoms with Crippen LogP contribution >= 0.6 is 11.3 Å². The van der Waals surface area contributed by atoms with E-state index in [1.54, 1.807) is 6.92 Å². The minimum absolute atomic E-state index is 0.195. The smallest absolute Gasteiger partial charge is 0.268 e. The molecule has 0 unspecified atom stereocenters. The van der Waals surface area contributed by atoms with E-state index < -0.39 is 11.6 Å². The lowest BCUT2D eigenvalue weighted by Gasteiger charge is -2.20. The van der Waals surface area contributed by atoms with Gasteiger partial charge in [-0.25, -0.2) is 8.78 Å². The molecular weight excluding hydrogens is 280 g/mol. The lowest BCUT2D eigenvalue weighted by atomic mass is 10.2. The maximum absolute atomic E-state index is 13.3. The molecule has 0 spiro atoms. The van der Waals surface area contributed by atoms with Crippen molar-refractivity contribution < 1.29 is 13.6 Å². The maximum atomic E-state index is 13.3. The van der Waals surface area contributed by atoms with E-state index in [4.69, 9.17) is 0 Å². The average molecular weight is 295 g/mol. The molecule has 106 valence electrons. The molecule has 0 N–H and O–H groups in total. The van der Waals surface area contributed by atoms with Gasteiger partial charge < -0.3 is 4.90 Å². The Kier molecular flexibility index (Phi) is 4.18. The molecule has 0 saturated heterocycles. The summed E-state index contributed by atoms with van der Waals surface area (Å²) in [7, 11) is 0. The summed E-state index contributed by atoms with van der Waals surface area (Å²) in [6.07, 6.45) is 0. The predicted octanol–water partition coefficient (Wildman–Crippen LogP) is 4.31. The number of halogens is 2. The van der Waals surface area contributed by atoms with Gasteiger partial charge in [0.05, 0.1) is 4.88 Å². The van der Waals surface area contributed by atoms with Crippen LogP contribution in [0.3, 0.4) is 0 Å². The van der Waals surface area contributed by atoms with Crippen LogP contribution in [0.4, 0.5) is 14.5 Å². The second-order valence-corrected chi connectivity index (χ2v) is 5.75. The van der Waals surface area contributed by atoms with Crippen molar-refractivity contribution in [1.29, 1.82) is 0 Å². The van der Waals surface area contributed by atoms with Gasteiger partial charge in [0.15, 0.2) is 11.6 Å². The predicted molar refractivity (Wildman–Crippen MR) is 77.5 cm³/mol. The lowest BCUT2D eigenvalue weighted by molar-refractivity contribution is 0.0992. The highest BCUT2D eigenvalue weighted by molar-refractivity contribution is 7.14. The molecule has 1 amide bonds. The number of hydrogen-bond acceptors (Lipinski definition) is 2. The zero-order valence-electron chi connectivity index (χ0n) is 11.5. The molecule has 1 aromatic carbocycles. The van der Waals surface area contributed by atoms with Crippen molar-refractivity contribution in [3.05, 3.63) is 51.2 Å². The molecule has 0 atom stereocenters. The Hall–Kier alpha value is -1.75. The first-order valence-corrected chi connectivity index (χ1v) is 7.09. The topological polar surface area (TPSA) is 20.3 Å². The van der Waals surface area contributed by atoms with Gasteiger partial charge in [0.1, 0.15) is 0 Å². The molecular formula is C15H15F2NOS. The molecule has 0 radical (unpaired) electrons. The molecule has 0 aliphatic rings. The van der Waals surface area contributed by atoms with Crippen molar-refractivity contribution in [3.63, 3.8) is 0 Å². The van der Waals surface area contributed by atoms with Crippen molar-refractivity contribution in [2.24, 2.45) is 0 Å². The number of hydrogen-bond donors (Lipinski definition) is 0. The van der Waals surface area contributed by atoms with Crippen LogP contribution < -0.4 is 4.90 Å². The fraction of sp³-hybridized carbons (Fsp3) is 0.267. The normalized spacial score (nSPS) is 10.7. The van der Waals surface area contributed by atoms with Crippen molar-refractivity contribution in [2.75, 3.05) is 11.4 Å². The third-order valence-electron chi connectivity index (χ3n) is 3.15. The number of thiophene rings is 1. The molecule has 1 heterocycles. The summed E-state index contributed by atoms with van der Waals surface area (Å²) in [4.78, 5) is 15.6. The van der Waals surface area contributed by atoms with Gasteiger partial charge in [-0.1, -0.05) is 0 Å². The van der Waals surface area contributed by atoms with Crippen LogP contribution in [-0.4, -0.2) is 12.5 Å². The second kappa shape index (κ2) is 5.71. The van der Waals surface area contributed by atoms with Gasteiger partial charge >= 0.3 is 0 Å². The Bertz CT molecular complexity index is 632. The summed E-state index contributed by atoms with van der Waals surface area (Å²) in [6, 6.07) is 5.31. The number of benzene rings is 1. The van der Waals surface area contributed by atoms with Gasteiger partial charge in [0.25, 0.3) is 5.91 Å². The number of aryl methyl sites for hydroxylation is 2. The monoisotopic (exact) mass is 295 g/mol. The van der Waals surface area contributed by atoms with E-state index in [-0.39, 0.29) is 5.91 Å². The highest BCUT2D eigenvalue weighted by atomic mass is 32.1. The Morgan fingerprint density at radius 1 is 1.20 bits per heavy atom. The van der Waals surface area contributed by atoms with E-state index in [9.17, 15) is 13.6 Å². The first kappa shape index (κ1) is 14.7. The van der Waals surface area contributed by atoms with Crippen LogP contribution in [0.15, 0.2) is 24.3 Å². The van der Waals surface area contributed by atoms with Gasteiger partial charge in [-0.05, 0) is 44.5 Å². The van der Waals surface area contributed by atoms with Crippen molar-refractivity contribution in [1.82, 2.24) is 0 Å². The van der Waals surface area contributed by atoms with E-state index in [1.165, 1.54) is 22.3 Å². The van der Waals surface area contributed by atoms with Crippen LogP contribution in [0.1, 0.15) is 27.0 Å². The molecule has 1 aromatic heterocycles. The molecule has 0 aliphatic carbocycles. The van der Waals surface area contributed by atoms with E-state index in [0.29, 0.717) is 17.1 Å². The molecule has 2 aromatic rings. The van der Waals surface area contributed by atoms with Crippen LogP contribution in [0.2, 0.25) is 0 Å². The number of carbonyl (C=O) groups is 1. The van der Waals surface area contributed by atoms with Gasteiger partial charge in [-0.15, -0.1) is 11.3 Å². The number of amides is 1. The van der Waals surface area contributed by atoms with Gasteiger partial charge in [0, 0.05) is 23.2 Å². The minimum Gasteiger partial charge on any atom is -0.308 e. The molecule has 5 heteroatoms. The van der Waals surface area contributed by atoms with Crippen LogP contribution in [-0.2, 0) is 0 Å². The molecule has 20 heavy (non-hydrogen) atoms. The first-order valence-electron chi connectivity index (χ1n) is 6.28. The Balaban J connectivity index is 2.36. The van der Waals surface area contributed by atoms with Crippen molar-refractivity contribution in [2.45, 2.75) is 20.8 Å². The summed E-state index contributed by atoms with van der Waals surface area (Å²) in [5.41, 5.74) is 1.42. The lowest BCUT2D eigenvalue weighted by Crippen LogP contribution is -2.30. The quantitative estimate of drug-likeness (QED) is 0.826. The fourth-order valence-corrected chi connectivity index (χ4v) is 2.89. The standard InChI is InChI=1S/C15H15F2NOS/c1-4-18(11-5-6-12(16)13(17)8-11)15(19)14-7-9(2)10(3)20-14/h5-8H,4H2,1-3H3. The van der Waals surface area contributed by atoms with E-state index in [1.807, 2.05) is 19.9 Å². The maximum Gasteiger partial charge on any atom is 0.268 e.